The molecule has 0 aliphatic heterocycles. The molecular formula is C12H18N2O2S2. The SMILES string of the molecule is CN(CCS(C)(=O)=O)Cc1ccc(C#CCN)s1. The molecule has 0 aliphatic carbocycles. The number of nitrogens with zero attached hydrogens (tertiary/aromatic N) is 1. The standard InChI is InChI=1S/C12H18N2O2S2/c1-14(8-9-18(2,15)16)10-12-6-5-11(17-12)4-3-7-13/h5-6H,7-10,13H2,1-2H3. The molecule has 1 rings (SSSR count). The molecule has 100 valence electrons. The average molecular weight is 286 g/mol. The lowest BCUT2D eigenvalue weighted by atomic mass is 10.4. The Balaban J connectivity index is 2.49. The first-order valence-electron chi connectivity index (χ1n) is 5.54. The zero-order chi connectivity index (χ0) is 13.6. The molecule has 0 spiro atoms. The van der Waals surface area contributed by atoms with Crippen molar-refractivity contribution in [2.45, 2.75) is 6.54 Å². The smallest absolute Gasteiger partial charge is 0.148 e. The third-order valence-corrected chi connectivity index (χ3v) is 4.15. The molecule has 6 heteroatoms. The van der Waals surface area contributed by atoms with Crippen molar-refractivity contribution < 1.29 is 8.42 Å². The van der Waals surface area contributed by atoms with Gasteiger partial charge in [0.1, 0.15) is 9.84 Å². The minimum atomic E-state index is -2.89. The van der Waals surface area contributed by atoms with Gasteiger partial charge in [-0.15, -0.1) is 11.3 Å². The summed E-state index contributed by atoms with van der Waals surface area (Å²) in [5.41, 5.74) is 5.31. The van der Waals surface area contributed by atoms with Gasteiger partial charge in [-0.05, 0) is 19.2 Å². The van der Waals surface area contributed by atoms with E-state index in [1.165, 1.54) is 11.1 Å². The zero-order valence-electron chi connectivity index (χ0n) is 10.6. The molecule has 0 aliphatic rings. The first-order chi connectivity index (χ1) is 8.40. The third-order valence-electron chi connectivity index (χ3n) is 2.24. The van der Waals surface area contributed by atoms with Crippen LogP contribution < -0.4 is 5.73 Å². The van der Waals surface area contributed by atoms with Crippen molar-refractivity contribution in [3.8, 4) is 11.8 Å². The van der Waals surface area contributed by atoms with Crippen LogP contribution in [0.4, 0.5) is 0 Å². The second kappa shape index (κ2) is 6.90. The minimum Gasteiger partial charge on any atom is -0.320 e. The van der Waals surface area contributed by atoms with Gasteiger partial charge in [-0.2, -0.15) is 0 Å². The second-order valence-electron chi connectivity index (χ2n) is 4.14. The average Bonchev–Trinajstić information content (AvgIpc) is 2.70. The third kappa shape index (κ3) is 6.17. The van der Waals surface area contributed by atoms with Crippen LogP contribution in [0.3, 0.4) is 0 Å². The van der Waals surface area contributed by atoms with E-state index in [0.29, 0.717) is 13.1 Å². The molecule has 2 N–H and O–H groups in total. The van der Waals surface area contributed by atoms with Gasteiger partial charge in [-0.1, -0.05) is 11.8 Å². The summed E-state index contributed by atoms with van der Waals surface area (Å²) in [6, 6.07) is 3.98. The van der Waals surface area contributed by atoms with Crippen LogP contribution in [0.5, 0.6) is 0 Å². The molecule has 1 aromatic heterocycles. The summed E-state index contributed by atoms with van der Waals surface area (Å²) < 4.78 is 22.1. The van der Waals surface area contributed by atoms with Gasteiger partial charge in [-0.25, -0.2) is 8.42 Å². The maximum absolute atomic E-state index is 11.1. The van der Waals surface area contributed by atoms with Crippen LogP contribution in [-0.4, -0.2) is 45.5 Å². The van der Waals surface area contributed by atoms with E-state index in [2.05, 4.69) is 11.8 Å². The van der Waals surface area contributed by atoms with Crippen LogP contribution in [0.1, 0.15) is 9.75 Å². The zero-order valence-corrected chi connectivity index (χ0v) is 12.3. The fourth-order valence-electron chi connectivity index (χ4n) is 1.33. The van der Waals surface area contributed by atoms with E-state index < -0.39 is 9.84 Å². The Kier molecular flexibility index (Phi) is 5.82. The fourth-order valence-corrected chi connectivity index (χ4v) is 2.94. The van der Waals surface area contributed by atoms with Gasteiger partial charge < -0.3 is 10.6 Å². The van der Waals surface area contributed by atoms with Crippen molar-refractivity contribution in [2.24, 2.45) is 5.73 Å². The van der Waals surface area contributed by atoms with E-state index in [1.54, 1.807) is 11.3 Å². The second-order valence-corrected chi connectivity index (χ2v) is 7.57. The lowest BCUT2D eigenvalue weighted by Gasteiger charge is -2.14. The molecular weight excluding hydrogens is 268 g/mol. The predicted molar refractivity (Wildman–Crippen MR) is 76.3 cm³/mol. The molecule has 0 saturated heterocycles. The Bertz CT molecular complexity index is 538. The first kappa shape index (κ1) is 15.2. The van der Waals surface area contributed by atoms with E-state index in [4.69, 9.17) is 5.73 Å². The van der Waals surface area contributed by atoms with Crippen LogP contribution in [-0.2, 0) is 16.4 Å². The highest BCUT2D eigenvalue weighted by molar-refractivity contribution is 7.90. The van der Waals surface area contributed by atoms with E-state index in [0.717, 1.165) is 11.4 Å². The van der Waals surface area contributed by atoms with Crippen molar-refractivity contribution in [3.05, 3.63) is 21.9 Å². The highest BCUT2D eigenvalue weighted by Gasteiger charge is 2.07. The fraction of sp³-hybridized carbons (Fsp3) is 0.500. The topological polar surface area (TPSA) is 63.4 Å². The predicted octanol–water partition coefficient (Wildman–Crippen LogP) is 0.535. The lowest BCUT2D eigenvalue weighted by Crippen LogP contribution is -2.24. The van der Waals surface area contributed by atoms with Crippen LogP contribution in [0, 0.1) is 11.8 Å². The van der Waals surface area contributed by atoms with Crippen LogP contribution >= 0.6 is 11.3 Å². The maximum atomic E-state index is 11.1. The molecule has 0 amide bonds. The summed E-state index contributed by atoms with van der Waals surface area (Å²) >= 11 is 1.61. The van der Waals surface area contributed by atoms with Crippen molar-refractivity contribution in [1.29, 1.82) is 0 Å². The van der Waals surface area contributed by atoms with Crippen LogP contribution in [0.25, 0.3) is 0 Å². The van der Waals surface area contributed by atoms with Gasteiger partial charge in [0.25, 0.3) is 0 Å². The minimum absolute atomic E-state index is 0.189. The molecule has 0 aromatic carbocycles. The highest BCUT2D eigenvalue weighted by Crippen LogP contribution is 2.16. The molecule has 1 heterocycles. The molecule has 4 nitrogen and oxygen atoms in total. The Labute approximate surface area is 113 Å². The van der Waals surface area contributed by atoms with E-state index in [9.17, 15) is 8.42 Å². The molecule has 0 saturated carbocycles. The van der Waals surface area contributed by atoms with Gasteiger partial charge in [0.15, 0.2) is 0 Å². The first-order valence-corrected chi connectivity index (χ1v) is 8.42. The quantitative estimate of drug-likeness (QED) is 0.802. The van der Waals surface area contributed by atoms with Gasteiger partial charge in [0.2, 0.25) is 0 Å². The normalized spacial score (nSPS) is 11.3. The number of hydrogen-bond acceptors (Lipinski definition) is 5. The van der Waals surface area contributed by atoms with E-state index >= 15 is 0 Å². The summed E-state index contributed by atoms with van der Waals surface area (Å²) in [7, 11) is -0.980. The van der Waals surface area contributed by atoms with E-state index in [-0.39, 0.29) is 5.75 Å². The van der Waals surface area contributed by atoms with Gasteiger partial charge >= 0.3 is 0 Å². The summed E-state index contributed by atoms with van der Waals surface area (Å²) in [6.07, 6.45) is 1.26. The van der Waals surface area contributed by atoms with Gasteiger partial charge in [0, 0.05) is 24.2 Å². The number of rotatable bonds is 5. The summed E-state index contributed by atoms with van der Waals surface area (Å²) in [5.74, 6) is 5.98. The maximum Gasteiger partial charge on any atom is 0.148 e. The number of thiophene rings is 1. The van der Waals surface area contributed by atoms with Crippen LogP contribution in [0.15, 0.2) is 12.1 Å². The Hall–Kier alpha value is -0.870. The van der Waals surface area contributed by atoms with Crippen molar-refractivity contribution in [1.82, 2.24) is 4.90 Å². The van der Waals surface area contributed by atoms with E-state index in [1.807, 2.05) is 24.1 Å². The Morgan fingerprint density at radius 1 is 1.44 bits per heavy atom. The molecule has 0 bridgehead atoms. The summed E-state index contributed by atoms with van der Waals surface area (Å²) in [4.78, 5) is 4.16. The molecule has 1 aromatic rings. The largest absolute Gasteiger partial charge is 0.320 e. The molecule has 0 radical (unpaired) electrons. The summed E-state index contributed by atoms with van der Waals surface area (Å²) in [6.45, 7) is 1.65. The van der Waals surface area contributed by atoms with Gasteiger partial charge in [-0.3, -0.25) is 0 Å². The Morgan fingerprint density at radius 3 is 2.78 bits per heavy atom. The van der Waals surface area contributed by atoms with Gasteiger partial charge in [0.05, 0.1) is 17.2 Å². The van der Waals surface area contributed by atoms with Crippen molar-refractivity contribution >= 4 is 21.2 Å². The molecule has 0 fully saturated rings. The number of nitrogens with two attached hydrogens (primary N) is 1. The number of hydrogen-bond donors (Lipinski definition) is 1. The molecule has 0 atom stereocenters. The van der Waals surface area contributed by atoms with Crippen LogP contribution in [0.2, 0.25) is 0 Å². The number of sulfone groups is 1. The van der Waals surface area contributed by atoms with Crippen molar-refractivity contribution in [3.63, 3.8) is 0 Å². The lowest BCUT2D eigenvalue weighted by molar-refractivity contribution is 0.349. The monoisotopic (exact) mass is 286 g/mol. The van der Waals surface area contributed by atoms with Crippen molar-refractivity contribution in [2.75, 3.05) is 32.1 Å². The Morgan fingerprint density at radius 2 is 2.17 bits per heavy atom. The highest BCUT2D eigenvalue weighted by atomic mass is 32.2. The molecule has 0 unspecified atom stereocenters. The summed E-state index contributed by atoms with van der Waals surface area (Å²) in [5, 5.41) is 0. The molecule has 18 heavy (non-hydrogen) atoms.